The molecule has 1 saturated heterocycles. The Labute approximate surface area is 169 Å². The van der Waals surface area contributed by atoms with Crippen molar-refractivity contribution in [1.29, 1.82) is 0 Å². The zero-order valence-electron chi connectivity index (χ0n) is 16.1. The van der Waals surface area contributed by atoms with E-state index >= 15 is 0 Å². The normalized spacial score (nSPS) is 15.5. The molecule has 0 aromatic heterocycles. The molecule has 1 aliphatic rings. The largest absolute Gasteiger partial charge is 0.452 e. The highest BCUT2D eigenvalue weighted by atomic mass is 16.5. The van der Waals surface area contributed by atoms with Crippen LogP contribution in [0.4, 0.5) is 5.69 Å². The highest BCUT2D eigenvalue weighted by Crippen LogP contribution is 2.17. The lowest BCUT2D eigenvalue weighted by Gasteiger charge is -2.12. The predicted molar refractivity (Wildman–Crippen MR) is 107 cm³/mol. The molecular formula is C22H24N2O5. The Morgan fingerprint density at radius 2 is 1.76 bits per heavy atom. The molecule has 0 bridgehead atoms. The molecule has 7 heteroatoms. The summed E-state index contributed by atoms with van der Waals surface area (Å²) in [4.78, 5) is 36.6. The summed E-state index contributed by atoms with van der Waals surface area (Å²) in [6.07, 6.45) is 2.11. The van der Waals surface area contributed by atoms with E-state index in [2.05, 4.69) is 10.6 Å². The third-order valence-electron chi connectivity index (χ3n) is 4.51. The van der Waals surface area contributed by atoms with E-state index in [0.29, 0.717) is 18.8 Å². The number of nitrogens with one attached hydrogen (secondary N) is 2. The van der Waals surface area contributed by atoms with Crippen molar-refractivity contribution in [2.45, 2.75) is 25.4 Å². The lowest BCUT2D eigenvalue weighted by molar-refractivity contribution is -0.124. The van der Waals surface area contributed by atoms with Gasteiger partial charge in [-0.25, -0.2) is 4.79 Å². The topological polar surface area (TPSA) is 93.7 Å². The van der Waals surface area contributed by atoms with Gasteiger partial charge in [-0.3, -0.25) is 9.59 Å². The standard InChI is InChI=1S/C22H24N2O5/c25-20(13-16-7-2-1-3-8-16)24-19-11-5-4-10-18(19)22(27)29-15-21(26)23-14-17-9-6-12-28-17/h1-5,7-8,10-11,17H,6,9,12-15H2,(H,23,26)(H,24,25)/t17-/m1/s1. The SMILES string of the molecule is O=C(COC(=O)c1ccccc1NC(=O)Cc1ccccc1)NC[C@H]1CCCO1. The van der Waals surface area contributed by atoms with Gasteiger partial charge in [0.05, 0.1) is 23.8 Å². The Kier molecular flexibility index (Phi) is 7.35. The van der Waals surface area contributed by atoms with Crippen LogP contribution < -0.4 is 10.6 Å². The number of ether oxygens (including phenoxy) is 2. The molecule has 0 unspecified atom stereocenters. The van der Waals surface area contributed by atoms with Crippen molar-refractivity contribution < 1.29 is 23.9 Å². The summed E-state index contributed by atoms with van der Waals surface area (Å²) in [6.45, 7) is 0.725. The van der Waals surface area contributed by atoms with Gasteiger partial charge >= 0.3 is 5.97 Å². The van der Waals surface area contributed by atoms with Gasteiger partial charge in [-0.05, 0) is 30.5 Å². The zero-order chi connectivity index (χ0) is 20.5. The molecular weight excluding hydrogens is 372 g/mol. The second-order valence-corrected chi connectivity index (χ2v) is 6.77. The Bertz CT molecular complexity index is 847. The molecule has 0 saturated carbocycles. The monoisotopic (exact) mass is 396 g/mol. The number of carbonyl (C=O) groups is 3. The zero-order valence-corrected chi connectivity index (χ0v) is 16.1. The number of para-hydroxylation sites is 1. The third kappa shape index (κ3) is 6.43. The highest BCUT2D eigenvalue weighted by Gasteiger charge is 2.18. The Balaban J connectivity index is 1.51. The van der Waals surface area contributed by atoms with Crippen molar-refractivity contribution in [3.8, 4) is 0 Å². The van der Waals surface area contributed by atoms with E-state index in [4.69, 9.17) is 9.47 Å². The van der Waals surface area contributed by atoms with Crippen molar-refractivity contribution in [2.24, 2.45) is 0 Å². The van der Waals surface area contributed by atoms with E-state index in [0.717, 1.165) is 18.4 Å². The molecule has 7 nitrogen and oxygen atoms in total. The molecule has 1 atom stereocenters. The van der Waals surface area contributed by atoms with Gasteiger partial charge in [-0.15, -0.1) is 0 Å². The van der Waals surface area contributed by atoms with Crippen LogP contribution in [0.1, 0.15) is 28.8 Å². The number of hydrogen-bond donors (Lipinski definition) is 2. The van der Waals surface area contributed by atoms with Gasteiger partial charge in [0.25, 0.3) is 5.91 Å². The Hall–Kier alpha value is -3.19. The minimum Gasteiger partial charge on any atom is -0.452 e. The number of esters is 1. The summed E-state index contributed by atoms with van der Waals surface area (Å²) in [7, 11) is 0. The molecule has 1 aliphatic heterocycles. The summed E-state index contributed by atoms with van der Waals surface area (Å²) >= 11 is 0. The number of carbonyl (C=O) groups excluding carboxylic acids is 3. The maximum absolute atomic E-state index is 12.4. The van der Waals surface area contributed by atoms with Crippen LogP contribution in [0.2, 0.25) is 0 Å². The van der Waals surface area contributed by atoms with E-state index < -0.39 is 12.6 Å². The highest BCUT2D eigenvalue weighted by molar-refractivity contribution is 6.02. The van der Waals surface area contributed by atoms with Gasteiger partial charge in [0.2, 0.25) is 5.91 Å². The van der Waals surface area contributed by atoms with E-state index in [1.54, 1.807) is 24.3 Å². The molecule has 3 rings (SSSR count). The quantitative estimate of drug-likeness (QED) is 0.668. The average Bonchev–Trinajstić information content (AvgIpc) is 3.25. The summed E-state index contributed by atoms with van der Waals surface area (Å²) in [5, 5.41) is 5.43. The van der Waals surface area contributed by atoms with Gasteiger partial charge in [0, 0.05) is 13.2 Å². The number of rotatable bonds is 8. The second-order valence-electron chi connectivity index (χ2n) is 6.77. The fourth-order valence-corrected chi connectivity index (χ4v) is 3.04. The van der Waals surface area contributed by atoms with Crippen LogP contribution in [0.25, 0.3) is 0 Å². The Morgan fingerprint density at radius 1 is 1.00 bits per heavy atom. The number of amides is 2. The summed E-state index contributed by atoms with van der Waals surface area (Å²) in [6, 6.07) is 15.9. The van der Waals surface area contributed by atoms with Crippen molar-refractivity contribution in [1.82, 2.24) is 5.32 Å². The first-order valence-electron chi connectivity index (χ1n) is 9.60. The molecule has 2 amide bonds. The smallest absolute Gasteiger partial charge is 0.340 e. The van der Waals surface area contributed by atoms with E-state index in [1.165, 1.54) is 0 Å². The van der Waals surface area contributed by atoms with Gasteiger partial charge in [-0.1, -0.05) is 42.5 Å². The first kappa shape index (κ1) is 20.5. The molecule has 1 heterocycles. The van der Waals surface area contributed by atoms with Crippen LogP contribution in [0, 0.1) is 0 Å². The van der Waals surface area contributed by atoms with Crippen molar-refractivity contribution in [2.75, 3.05) is 25.1 Å². The van der Waals surface area contributed by atoms with E-state index in [9.17, 15) is 14.4 Å². The van der Waals surface area contributed by atoms with Crippen molar-refractivity contribution in [3.63, 3.8) is 0 Å². The molecule has 29 heavy (non-hydrogen) atoms. The van der Waals surface area contributed by atoms with Gasteiger partial charge in [0.1, 0.15) is 0 Å². The van der Waals surface area contributed by atoms with Crippen LogP contribution in [0.3, 0.4) is 0 Å². The maximum atomic E-state index is 12.4. The first-order chi connectivity index (χ1) is 14.1. The molecule has 0 radical (unpaired) electrons. The van der Waals surface area contributed by atoms with Crippen LogP contribution in [-0.2, 0) is 25.5 Å². The van der Waals surface area contributed by atoms with Crippen molar-refractivity contribution >= 4 is 23.5 Å². The van der Waals surface area contributed by atoms with Gasteiger partial charge < -0.3 is 20.1 Å². The van der Waals surface area contributed by atoms with E-state index in [-0.39, 0.29) is 29.9 Å². The second kappa shape index (κ2) is 10.4. The minimum atomic E-state index is -0.673. The van der Waals surface area contributed by atoms with Crippen LogP contribution in [0.5, 0.6) is 0 Å². The average molecular weight is 396 g/mol. The predicted octanol–water partition coefficient (Wildman–Crippen LogP) is 2.32. The molecule has 0 spiro atoms. The number of anilines is 1. The van der Waals surface area contributed by atoms with Crippen molar-refractivity contribution in [3.05, 3.63) is 65.7 Å². The molecule has 2 N–H and O–H groups in total. The Morgan fingerprint density at radius 3 is 2.52 bits per heavy atom. The van der Waals surface area contributed by atoms with Crippen LogP contribution >= 0.6 is 0 Å². The lowest BCUT2D eigenvalue weighted by Crippen LogP contribution is -2.34. The van der Waals surface area contributed by atoms with Gasteiger partial charge in [-0.2, -0.15) is 0 Å². The number of hydrogen-bond acceptors (Lipinski definition) is 5. The third-order valence-corrected chi connectivity index (χ3v) is 4.51. The fourth-order valence-electron chi connectivity index (χ4n) is 3.04. The van der Waals surface area contributed by atoms with Crippen LogP contribution in [0.15, 0.2) is 54.6 Å². The first-order valence-corrected chi connectivity index (χ1v) is 9.60. The summed E-state index contributed by atoms with van der Waals surface area (Å²) < 4.78 is 10.5. The lowest BCUT2D eigenvalue weighted by atomic mass is 10.1. The van der Waals surface area contributed by atoms with E-state index in [1.807, 2.05) is 30.3 Å². The summed E-state index contributed by atoms with van der Waals surface area (Å²) in [5.74, 6) is -1.31. The van der Waals surface area contributed by atoms with Crippen LogP contribution in [-0.4, -0.2) is 43.6 Å². The minimum absolute atomic E-state index is 0.0233. The summed E-state index contributed by atoms with van der Waals surface area (Å²) in [5.41, 5.74) is 1.41. The molecule has 1 fully saturated rings. The molecule has 0 aliphatic carbocycles. The molecule has 152 valence electrons. The molecule has 2 aromatic rings. The molecule has 2 aromatic carbocycles. The number of benzene rings is 2. The van der Waals surface area contributed by atoms with Gasteiger partial charge in [0.15, 0.2) is 6.61 Å². The fraction of sp³-hybridized carbons (Fsp3) is 0.318. The maximum Gasteiger partial charge on any atom is 0.340 e.